The maximum absolute atomic E-state index is 5.66. The summed E-state index contributed by atoms with van der Waals surface area (Å²) in [6, 6.07) is 6.27. The van der Waals surface area contributed by atoms with Crippen LogP contribution in [0, 0.1) is 13.8 Å². The standard InChI is InChI=1S/C12H19NO/c1-10-5-6-12(11(2)9-10)14-8-7-13(3)4/h5-6,9H,7-8H2,1-4H3. The van der Waals surface area contributed by atoms with Crippen molar-refractivity contribution in [3.8, 4) is 5.75 Å². The molecule has 0 amide bonds. The Labute approximate surface area is 86.5 Å². The van der Waals surface area contributed by atoms with Gasteiger partial charge in [-0.15, -0.1) is 0 Å². The molecule has 0 aliphatic carbocycles. The predicted molar refractivity (Wildman–Crippen MR) is 60.0 cm³/mol. The molecule has 0 spiro atoms. The SMILES string of the molecule is Cc1ccc(OCCN(C)C)c(C)c1. The zero-order valence-electron chi connectivity index (χ0n) is 9.50. The van der Waals surface area contributed by atoms with Crippen molar-refractivity contribution in [2.24, 2.45) is 0 Å². The van der Waals surface area contributed by atoms with Crippen molar-refractivity contribution in [1.29, 1.82) is 0 Å². The molecule has 2 heteroatoms. The summed E-state index contributed by atoms with van der Waals surface area (Å²) >= 11 is 0. The second kappa shape index (κ2) is 5.01. The minimum absolute atomic E-state index is 0.747. The van der Waals surface area contributed by atoms with E-state index in [2.05, 4.69) is 30.9 Å². The maximum Gasteiger partial charge on any atom is 0.122 e. The van der Waals surface area contributed by atoms with Gasteiger partial charge in [0.05, 0.1) is 0 Å². The van der Waals surface area contributed by atoms with Gasteiger partial charge in [-0.1, -0.05) is 17.7 Å². The number of benzene rings is 1. The van der Waals surface area contributed by atoms with Gasteiger partial charge in [0.25, 0.3) is 0 Å². The maximum atomic E-state index is 5.66. The molecule has 0 bridgehead atoms. The zero-order chi connectivity index (χ0) is 10.6. The highest BCUT2D eigenvalue weighted by Crippen LogP contribution is 2.18. The summed E-state index contributed by atoms with van der Waals surface area (Å²) in [6.45, 7) is 5.87. The van der Waals surface area contributed by atoms with Crippen LogP contribution in [-0.2, 0) is 0 Å². The third-order valence-electron chi connectivity index (χ3n) is 2.13. The summed E-state index contributed by atoms with van der Waals surface area (Å²) in [5.74, 6) is 0.998. The summed E-state index contributed by atoms with van der Waals surface area (Å²) < 4.78 is 5.66. The number of hydrogen-bond donors (Lipinski definition) is 0. The van der Waals surface area contributed by atoms with Crippen molar-refractivity contribution < 1.29 is 4.74 Å². The molecular formula is C12H19NO. The van der Waals surface area contributed by atoms with Crippen molar-refractivity contribution in [3.63, 3.8) is 0 Å². The van der Waals surface area contributed by atoms with E-state index in [1.165, 1.54) is 11.1 Å². The van der Waals surface area contributed by atoms with E-state index in [1.54, 1.807) is 0 Å². The molecule has 2 nitrogen and oxygen atoms in total. The minimum Gasteiger partial charge on any atom is -0.492 e. The van der Waals surface area contributed by atoms with Gasteiger partial charge in [0.1, 0.15) is 12.4 Å². The van der Waals surface area contributed by atoms with Crippen molar-refractivity contribution in [2.75, 3.05) is 27.2 Å². The van der Waals surface area contributed by atoms with Gasteiger partial charge in [-0.2, -0.15) is 0 Å². The van der Waals surface area contributed by atoms with Gasteiger partial charge < -0.3 is 9.64 Å². The summed E-state index contributed by atoms with van der Waals surface area (Å²) in [6.07, 6.45) is 0. The lowest BCUT2D eigenvalue weighted by atomic mass is 10.1. The molecule has 0 N–H and O–H groups in total. The minimum atomic E-state index is 0.747. The number of hydrogen-bond acceptors (Lipinski definition) is 2. The fraction of sp³-hybridized carbons (Fsp3) is 0.500. The molecule has 0 aromatic heterocycles. The van der Waals surface area contributed by atoms with E-state index in [1.807, 2.05) is 20.2 Å². The molecule has 0 aliphatic heterocycles. The van der Waals surface area contributed by atoms with Gasteiger partial charge in [-0.25, -0.2) is 0 Å². The summed E-state index contributed by atoms with van der Waals surface area (Å²) in [5.41, 5.74) is 2.49. The molecule has 14 heavy (non-hydrogen) atoms. The Morgan fingerprint density at radius 1 is 1.21 bits per heavy atom. The Hall–Kier alpha value is -1.02. The van der Waals surface area contributed by atoms with Crippen molar-refractivity contribution in [1.82, 2.24) is 4.90 Å². The van der Waals surface area contributed by atoms with Gasteiger partial charge in [0, 0.05) is 6.54 Å². The molecule has 0 radical (unpaired) electrons. The van der Waals surface area contributed by atoms with Crippen LogP contribution < -0.4 is 4.74 Å². The van der Waals surface area contributed by atoms with E-state index >= 15 is 0 Å². The smallest absolute Gasteiger partial charge is 0.122 e. The van der Waals surface area contributed by atoms with E-state index < -0.39 is 0 Å². The summed E-state index contributed by atoms with van der Waals surface area (Å²) in [4.78, 5) is 2.11. The average Bonchev–Trinajstić information content (AvgIpc) is 2.08. The Balaban J connectivity index is 2.51. The highest BCUT2D eigenvalue weighted by Gasteiger charge is 1.99. The number of likely N-dealkylation sites (N-methyl/N-ethyl adjacent to an activating group) is 1. The molecule has 0 saturated carbocycles. The third kappa shape index (κ3) is 3.38. The quantitative estimate of drug-likeness (QED) is 0.727. The van der Waals surface area contributed by atoms with Crippen LogP contribution >= 0.6 is 0 Å². The van der Waals surface area contributed by atoms with E-state index in [4.69, 9.17) is 4.74 Å². The van der Waals surface area contributed by atoms with Gasteiger partial charge in [0.15, 0.2) is 0 Å². The van der Waals surface area contributed by atoms with Crippen LogP contribution in [0.3, 0.4) is 0 Å². The normalized spacial score (nSPS) is 10.6. The highest BCUT2D eigenvalue weighted by molar-refractivity contribution is 5.35. The van der Waals surface area contributed by atoms with Gasteiger partial charge in [-0.05, 0) is 39.6 Å². The topological polar surface area (TPSA) is 12.5 Å². The molecule has 0 aliphatic rings. The second-order valence-corrected chi connectivity index (χ2v) is 3.92. The monoisotopic (exact) mass is 193 g/mol. The van der Waals surface area contributed by atoms with Crippen LogP contribution in [0.15, 0.2) is 18.2 Å². The lowest BCUT2D eigenvalue weighted by Crippen LogP contribution is -2.19. The van der Waals surface area contributed by atoms with Crippen molar-refractivity contribution in [3.05, 3.63) is 29.3 Å². The molecule has 0 unspecified atom stereocenters. The lowest BCUT2D eigenvalue weighted by molar-refractivity contribution is 0.260. The molecule has 0 fully saturated rings. The first-order chi connectivity index (χ1) is 6.59. The molecule has 1 rings (SSSR count). The first kappa shape index (κ1) is 11.1. The fourth-order valence-electron chi connectivity index (χ4n) is 1.30. The average molecular weight is 193 g/mol. The Bertz CT molecular complexity index is 294. The Morgan fingerprint density at radius 3 is 2.50 bits per heavy atom. The molecule has 1 aromatic carbocycles. The van der Waals surface area contributed by atoms with Crippen LogP contribution in [0.2, 0.25) is 0 Å². The number of rotatable bonds is 4. The van der Waals surface area contributed by atoms with E-state index in [0.717, 1.165) is 18.9 Å². The summed E-state index contributed by atoms with van der Waals surface area (Å²) in [7, 11) is 4.09. The van der Waals surface area contributed by atoms with E-state index in [9.17, 15) is 0 Å². The first-order valence-corrected chi connectivity index (χ1v) is 4.94. The van der Waals surface area contributed by atoms with Crippen molar-refractivity contribution in [2.45, 2.75) is 13.8 Å². The molecular weight excluding hydrogens is 174 g/mol. The van der Waals surface area contributed by atoms with Crippen LogP contribution in [-0.4, -0.2) is 32.1 Å². The molecule has 1 aromatic rings. The van der Waals surface area contributed by atoms with E-state index in [0.29, 0.717) is 0 Å². The van der Waals surface area contributed by atoms with Gasteiger partial charge in [0.2, 0.25) is 0 Å². The molecule has 0 saturated heterocycles. The lowest BCUT2D eigenvalue weighted by Gasteiger charge is -2.12. The van der Waals surface area contributed by atoms with E-state index in [-0.39, 0.29) is 0 Å². The Kier molecular flexibility index (Phi) is 3.96. The van der Waals surface area contributed by atoms with Crippen LogP contribution in [0.1, 0.15) is 11.1 Å². The zero-order valence-corrected chi connectivity index (χ0v) is 9.50. The van der Waals surface area contributed by atoms with Gasteiger partial charge in [-0.3, -0.25) is 0 Å². The van der Waals surface area contributed by atoms with Crippen LogP contribution in [0.25, 0.3) is 0 Å². The Morgan fingerprint density at radius 2 is 1.93 bits per heavy atom. The number of nitrogens with zero attached hydrogens (tertiary/aromatic N) is 1. The van der Waals surface area contributed by atoms with Crippen LogP contribution in [0.5, 0.6) is 5.75 Å². The molecule has 0 atom stereocenters. The predicted octanol–water partition coefficient (Wildman–Crippen LogP) is 2.24. The highest BCUT2D eigenvalue weighted by atomic mass is 16.5. The fourth-order valence-corrected chi connectivity index (χ4v) is 1.30. The second-order valence-electron chi connectivity index (χ2n) is 3.92. The number of aryl methyl sites for hydroxylation is 2. The third-order valence-corrected chi connectivity index (χ3v) is 2.13. The molecule has 0 heterocycles. The van der Waals surface area contributed by atoms with Gasteiger partial charge >= 0.3 is 0 Å². The first-order valence-electron chi connectivity index (χ1n) is 4.94. The largest absolute Gasteiger partial charge is 0.492 e. The summed E-state index contributed by atoms with van der Waals surface area (Å²) in [5, 5.41) is 0. The van der Waals surface area contributed by atoms with Crippen LogP contribution in [0.4, 0.5) is 0 Å². The molecule has 78 valence electrons. The number of ether oxygens (including phenoxy) is 1. The van der Waals surface area contributed by atoms with Crippen molar-refractivity contribution >= 4 is 0 Å².